The highest BCUT2D eigenvalue weighted by atomic mass is 32.2. The molecule has 0 radical (unpaired) electrons. The van der Waals surface area contributed by atoms with E-state index in [-0.39, 0.29) is 5.75 Å². The van der Waals surface area contributed by atoms with Crippen molar-refractivity contribution in [3.8, 4) is 5.75 Å². The van der Waals surface area contributed by atoms with E-state index < -0.39 is 25.6 Å². The largest absolute Gasteiger partial charge is 0.494 e. The first-order valence-electron chi connectivity index (χ1n) is 4.25. The number of ether oxygens (including phenoxy) is 1. The lowest BCUT2D eigenvalue weighted by molar-refractivity contribution is -0.388. The molecule has 0 saturated carbocycles. The van der Waals surface area contributed by atoms with Crippen molar-refractivity contribution in [2.24, 2.45) is 0 Å². The SMILES string of the molecule is CCOc1ccc(S(=O)(=O)O)c([N+](=O)[O-])c1. The molecule has 0 atom stereocenters. The average molecular weight is 247 g/mol. The van der Waals surface area contributed by atoms with E-state index in [2.05, 4.69) is 0 Å². The van der Waals surface area contributed by atoms with E-state index in [1.165, 1.54) is 6.07 Å². The van der Waals surface area contributed by atoms with Crippen molar-refractivity contribution in [1.82, 2.24) is 0 Å². The van der Waals surface area contributed by atoms with Crippen molar-refractivity contribution in [2.75, 3.05) is 6.61 Å². The van der Waals surface area contributed by atoms with Gasteiger partial charge in [-0.1, -0.05) is 0 Å². The minimum Gasteiger partial charge on any atom is -0.494 e. The molecular weight excluding hydrogens is 238 g/mol. The van der Waals surface area contributed by atoms with Gasteiger partial charge in [0, 0.05) is 0 Å². The predicted octanol–water partition coefficient (Wildman–Crippen LogP) is 1.24. The molecule has 0 unspecified atom stereocenters. The van der Waals surface area contributed by atoms with Gasteiger partial charge in [0.05, 0.1) is 17.6 Å². The van der Waals surface area contributed by atoms with Crippen LogP contribution < -0.4 is 4.74 Å². The zero-order valence-electron chi connectivity index (χ0n) is 8.28. The topological polar surface area (TPSA) is 107 Å². The molecular formula is C8H9NO6S. The summed E-state index contributed by atoms with van der Waals surface area (Å²) in [6.07, 6.45) is 0. The Labute approximate surface area is 91.6 Å². The summed E-state index contributed by atoms with van der Waals surface area (Å²) in [5.74, 6) is 0.168. The molecule has 0 fully saturated rings. The van der Waals surface area contributed by atoms with Crippen LogP contribution in [0, 0.1) is 10.1 Å². The smallest absolute Gasteiger partial charge is 0.301 e. The third kappa shape index (κ3) is 2.67. The molecule has 1 rings (SSSR count). The zero-order valence-corrected chi connectivity index (χ0v) is 9.10. The molecule has 0 aliphatic rings. The fourth-order valence-corrected chi connectivity index (χ4v) is 1.75. The van der Waals surface area contributed by atoms with Gasteiger partial charge in [0.1, 0.15) is 5.75 Å². The monoisotopic (exact) mass is 247 g/mol. The van der Waals surface area contributed by atoms with Gasteiger partial charge in [0.15, 0.2) is 4.90 Å². The molecule has 0 heterocycles. The van der Waals surface area contributed by atoms with Crippen LogP contribution in [0.15, 0.2) is 23.1 Å². The molecule has 1 N–H and O–H groups in total. The van der Waals surface area contributed by atoms with Crippen LogP contribution in [0.4, 0.5) is 5.69 Å². The van der Waals surface area contributed by atoms with Crippen molar-refractivity contribution in [3.05, 3.63) is 28.3 Å². The maximum atomic E-state index is 10.8. The molecule has 8 heteroatoms. The van der Waals surface area contributed by atoms with Gasteiger partial charge in [0.2, 0.25) is 0 Å². The Morgan fingerprint density at radius 2 is 2.12 bits per heavy atom. The Bertz CT molecular complexity index is 509. The predicted molar refractivity (Wildman–Crippen MR) is 54.1 cm³/mol. The quantitative estimate of drug-likeness (QED) is 0.487. The maximum Gasteiger partial charge on any atom is 0.301 e. The molecule has 0 bridgehead atoms. The van der Waals surface area contributed by atoms with Gasteiger partial charge in [-0.05, 0) is 19.1 Å². The van der Waals surface area contributed by atoms with E-state index in [0.717, 1.165) is 12.1 Å². The highest BCUT2D eigenvalue weighted by Crippen LogP contribution is 2.28. The second-order valence-electron chi connectivity index (χ2n) is 2.79. The summed E-state index contributed by atoms with van der Waals surface area (Å²) in [6.45, 7) is 1.98. The minimum atomic E-state index is -4.61. The Kier molecular flexibility index (Phi) is 3.45. The number of nitrogens with zero attached hydrogens (tertiary/aromatic N) is 1. The second-order valence-corrected chi connectivity index (χ2v) is 4.18. The summed E-state index contributed by atoms with van der Waals surface area (Å²) in [4.78, 5) is 8.95. The molecule has 1 aromatic carbocycles. The first kappa shape index (κ1) is 12.4. The zero-order chi connectivity index (χ0) is 12.3. The van der Waals surface area contributed by atoms with Crippen LogP contribution in [0.5, 0.6) is 5.75 Å². The van der Waals surface area contributed by atoms with Crippen molar-refractivity contribution in [1.29, 1.82) is 0 Å². The molecule has 0 aliphatic heterocycles. The standard InChI is InChI=1S/C8H9NO6S/c1-2-15-6-3-4-8(16(12,13)14)7(5-6)9(10)11/h3-5H,2H2,1H3,(H,12,13,14). The van der Waals surface area contributed by atoms with Gasteiger partial charge < -0.3 is 4.74 Å². The summed E-state index contributed by atoms with van der Waals surface area (Å²) in [5.41, 5.74) is -0.714. The van der Waals surface area contributed by atoms with E-state index in [9.17, 15) is 18.5 Å². The van der Waals surface area contributed by atoms with Crippen LogP contribution in [-0.4, -0.2) is 24.5 Å². The molecule has 0 aliphatic carbocycles. The summed E-state index contributed by atoms with van der Waals surface area (Å²) >= 11 is 0. The fourth-order valence-electron chi connectivity index (χ4n) is 1.11. The normalized spacial score (nSPS) is 11.1. The van der Waals surface area contributed by atoms with Crippen molar-refractivity contribution in [3.63, 3.8) is 0 Å². The van der Waals surface area contributed by atoms with E-state index in [1.54, 1.807) is 6.92 Å². The number of hydrogen-bond donors (Lipinski definition) is 1. The minimum absolute atomic E-state index is 0.168. The first-order chi connectivity index (χ1) is 7.36. The molecule has 7 nitrogen and oxygen atoms in total. The van der Waals surface area contributed by atoms with Crippen LogP contribution in [0.25, 0.3) is 0 Å². The summed E-state index contributed by atoms with van der Waals surface area (Å²) < 4.78 is 35.4. The van der Waals surface area contributed by atoms with Crippen molar-refractivity contribution in [2.45, 2.75) is 11.8 Å². The van der Waals surface area contributed by atoms with Crippen LogP contribution in [0.3, 0.4) is 0 Å². The summed E-state index contributed by atoms with van der Waals surface area (Å²) in [5, 5.41) is 10.6. The van der Waals surface area contributed by atoms with E-state index in [1.807, 2.05) is 0 Å². The fraction of sp³-hybridized carbons (Fsp3) is 0.250. The van der Waals surface area contributed by atoms with Crippen LogP contribution >= 0.6 is 0 Å². The highest BCUT2D eigenvalue weighted by Gasteiger charge is 2.24. The number of nitro benzene ring substituents is 1. The van der Waals surface area contributed by atoms with Crippen LogP contribution in [0.1, 0.15) is 6.92 Å². The van der Waals surface area contributed by atoms with Gasteiger partial charge >= 0.3 is 10.1 Å². The lowest BCUT2D eigenvalue weighted by Gasteiger charge is -2.04. The van der Waals surface area contributed by atoms with Gasteiger partial charge in [-0.15, -0.1) is 0 Å². The van der Waals surface area contributed by atoms with E-state index in [4.69, 9.17) is 9.29 Å². The Morgan fingerprint density at radius 1 is 1.50 bits per heavy atom. The van der Waals surface area contributed by atoms with E-state index >= 15 is 0 Å². The number of benzene rings is 1. The highest BCUT2D eigenvalue weighted by molar-refractivity contribution is 7.86. The number of nitro groups is 1. The van der Waals surface area contributed by atoms with Crippen molar-refractivity contribution >= 4 is 15.8 Å². The molecule has 0 spiro atoms. The Morgan fingerprint density at radius 3 is 2.56 bits per heavy atom. The van der Waals surface area contributed by atoms with Crippen molar-refractivity contribution < 1.29 is 22.6 Å². The Balaban J connectivity index is 3.37. The molecule has 1 aromatic rings. The second kappa shape index (κ2) is 4.45. The molecule has 16 heavy (non-hydrogen) atoms. The lowest BCUT2D eigenvalue weighted by atomic mass is 10.3. The molecule has 0 amide bonds. The number of hydrogen-bond acceptors (Lipinski definition) is 5. The molecule has 0 saturated heterocycles. The van der Waals surface area contributed by atoms with Gasteiger partial charge in [-0.25, -0.2) is 0 Å². The van der Waals surface area contributed by atoms with Gasteiger partial charge in [-0.2, -0.15) is 8.42 Å². The summed E-state index contributed by atoms with van der Waals surface area (Å²) in [6, 6.07) is 3.12. The Hall–Kier alpha value is -1.67. The summed E-state index contributed by atoms with van der Waals surface area (Å²) in [7, 11) is -4.61. The third-order valence-electron chi connectivity index (χ3n) is 1.72. The molecule has 0 aromatic heterocycles. The average Bonchev–Trinajstić information content (AvgIpc) is 2.16. The lowest BCUT2D eigenvalue weighted by Crippen LogP contribution is -2.04. The van der Waals surface area contributed by atoms with Crippen LogP contribution in [0.2, 0.25) is 0 Å². The third-order valence-corrected chi connectivity index (χ3v) is 2.62. The maximum absolute atomic E-state index is 10.8. The van der Waals surface area contributed by atoms with Gasteiger partial charge in [0.25, 0.3) is 5.69 Å². The molecule has 88 valence electrons. The van der Waals surface area contributed by atoms with Crippen LogP contribution in [-0.2, 0) is 10.1 Å². The van der Waals surface area contributed by atoms with E-state index in [0.29, 0.717) is 6.61 Å². The first-order valence-corrected chi connectivity index (χ1v) is 5.69. The van der Waals surface area contributed by atoms with Gasteiger partial charge in [-0.3, -0.25) is 14.7 Å². The number of rotatable bonds is 4.